The molecule has 0 heterocycles. The number of nitrogens with one attached hydrogen (secondary N) is 2. The fraction of sp³-hybridized carbons (Fsp3) is 0.133. The molecule has 0 bridgehead atoms. The minimum atomic E-state index is -0.969. The number of halogens is 3. The number of aliphatic hydroxyl groups is 1. The third-order valence-electron chi connectivity index (χ3n) is 2.89. The molecular weight excluding hydrogens is 314 g/mol. The molecule has 0 fully saturated rings. The first-order valence-electron chi connectivity index (χ1n) is 6.39. The summed E-state index contributed by atoms with van der Waals surface area (Å²) < 4.78 is 25.8. The van der Waals surface area contributed by atoms with E-state index >= 15 is 0 Å². The van der Waals surface area contributed by atoms with E-state index in [1.165, 1.54) is 36.4 Å². The Labute approximate surface area is 130 Å². The van der Waals surface area contributed by atoms with Gasteiger partial charge < -0.3 is 15.7 Å². The summed E-state index contributed by atoms with van der Waals surface area (Å²) in [4.78, 5) is 11.7. The predicted molar refractivity (Wildman–Crippen MR) is 79.8 cm³/mol. The molecule has 0 saturated heterocycles. The molecule has 0 aliphatic carbocycles. The fourth-order valence-corrected chi connectivity index (χ4v) is 1.92. The molecule has 116 valence electrons. The van der Waals surface area contributed by atoms with E-state index in [1.54, 1.807) is 0 Å². The maximum atomic E-state index is 13.0. The zero-order valence-corrected chi connectivity index (χ0v) is 12.1. The minimum absolute atomic E-state index is 0.0631. The first-order valence-corrected chi connectivity index (χ1v) is 6.77. The second kappa shape index (κ2) is 7.20. The number of aliphatic hydroxyl groups excluding tert-OH is 1. The Morgan fingerprint density at radius 2 is 1.86 bits per heavy atom. The van der Waals surface area contributed by atoms with Crippen LogP contribution in [-0.4, -0.2) is 17.7 Å². The second-order valence-electron chi connectivity index (χ2n) is 4.53. The molecule has 2 rings (SSSR count). The van der Waals surface area contributed by atoms with Crippen LogP contribution in [0.15, 0.2) is 42.5 Å². The van der Waals surface area contributed by atoms with Crippen LogP contribution in [0, 0.1) is 11.6 Å². The largest absolute Gasteiger partial charge is 0.387 e. The van der Waals surface area contributed by atoms with Gasteiger partial charge in [0, 0.05) is 12.2 Å². The number of anilines is 1. The van der Waals surface area contributed by atoms with Crippen molar-refractivity contribution in [1.29, 1.82) is 0 Å². The van der Waals surface area contributed by atoms with Crippen LogP contribution in [0.25, 0.3) is 0 Å². The van der Waals surface area contributed by atoms with E-state index in [-0.39, 0.29) is 11.6 Å². The molecule has 22 heavy (non-hydrogen) atoms. The zero-order valence-electron chi connectivity index (χ0n) is 11.3. The van der Waals surface area contributed by atoms with Gasteiger partial charge in [-0.25, -0.2) is 13.6 Å². The Balaban J connectivity index is 1.86. The fourth-order valence-electron chi connectivity index (χ4n) is 1.74. The van der Waals surface area contributed by atoms with Gasteiger partial charge in [0.2, 0.25) is 0 Å². The first kappa shape index (κ1) is 16.2. The maximum absolute atomic E-state index is 13.0. The van der Waals surface area contributed by atoms with E-state index in [4.69, 9.17) is 11.6 Å². The summed E-state index contributed by atoms with van der Waals surface area (Å²) in [6.45, 7) is -0.0631. The van der Waals surface area contributed by atoms with Crippen LogP contribution in [0.2, 0.25) is 5.02 Å². The van der Waals surface area contributed by atoms with Gasteiger partial charge in [-0.15, -0.1) is 0 Å². The Hall–Kier alpha value is -2.18. The number of rotatable bonds is 4. The van der Waals surface area contributed by atoms with E-state index in [0.29, 0.717) is 11.3 Å². The molecule has 7 heteroatoms. The summed E-state index contributed by atoms with van der Waals surface area (Å²) in [5.41, 5.74) is 0.798. The third-order valence-corrected chi connectivity index (χ3v) is 3.18. The lowest BCUT2D eigenvalue weighted by Gasteiger charge is -2.13. The van der Waals surface area contributed by atoms with Crippen LogP contribution in [0.1, 0.15) is 11.7 Å². The van der Waals surface area contributed by atoms with Gasteiger partial charge in [0.1, 0.15) is 11.6 Å². The molecule has 0 aliphatic rings. The number of amides is 2. The van der Waals surface area contributed by atoms with Gasteiger partial charge in [-0.05, 0) is 35.9 Å². The van der Waals surface area contributed by atoms with Crippen LogP contribution < -0.4 is 10.6 Å². The Morgan fingerprint density at radius 3 is 2.50 bits per heavy atom. The van der Waals surface area contributed by atoms with Crippen LogP contribution >= 0.6 is 11.6 Å². The number of benzene rings is 2. The van der Waals surface area contributed by atoms with E-state index in [9.17, 15) is 18.7 Å². The highest BCUT2D eigenvalue weighted by Crippen LogP contribution is 2.19. The first-order chi connectivity index (χ1) is 10.5. The molecule has 1 unspecified atom stereocenters. The van der Waals surface area contributed by atoms with E-state index in [2.05, 4.69) is 10.6 Å². The van der Waals surface area contributed by atoms with Crippen molar-refractivity contribution in [3.05, 3.63) is 64.7 Å². The molecule has 3 N–H and O–H groups in total. The molecular formula is C15H13ClF2N2O2. The summed E-state index contributed by atoms with van der Waals surface area (Å²) in [5.74, 6) is -0.991. The maximum Gasteiger partial charge on any atom is 0.319 e. The second-order valence-corrected chi connectivity index (χ2v) is 4.94. The molecule has 0 aromatic heterocycles. The van der Waals surface area contributed by atoms with Crippen molar-refractivity contribution in [2.45, 2.75) is 6.10 Å². The molecule has 2 aromatic carbocycles. The average molecular weight is 327 g/mol. The van der Waals surface area contributed by atoms with Crippen LogP contribution in [0.4, 0.5) is 19.3 Å². The summed E-state index contributed by atoms with van der Waals surface area (Å²) >= 11 is 5.60. The molecule has 1 atom stereocenters. The number of carbonyl (C=O) groups excluding carboxylic acids is 1. The Bertz CT molecular complexity index is 665. The molecule has 0 saturated carbocycles. The number of urea groups is 1. The Kier molecular flexibility index (Phi) is 5.30. The molecule has 0 spiro atoms. The van der Waals surface area contributed by atoms with Crippen molar-refractivity contribution in [2.24, 2.45) is 0 Å². The van der Waals surface area contributed by atoms with E-state index in [1.807, 2.05) is 0 Å². The zero-order chi connectivity index (χ0) is 16.1. The Morgan fingerprint density at radius 1 is 1.18 bits per heavy atom. The summed E-state index contributed by atoms with van der Waals surface area (Å²) in [5, 5.41) is 14.7. The van der Waals surface area contributed by atoms with Gasteiger partial charge in [0.05, 0.1) is 11.1 Å². The monoisotopic (exact) mass is 326 g/mol. The average Bonchev–Trinajstić information content (AvgIpc) is 2.49. The molecule has 0 radical (unpaired) electrons. The normalized spacial score (nSPS) is 11.8. The van der Waals surface area contributed by atoms with Crippen molar-refractivity contribution in [1.82, 2.24) is 5.32 Å². The van der Waals surface area contributed by atoms with Gasteiger partial charge in [-0.1, -0.05) is 23.7 Å². The highest BCUT2D eigenvalue weighted by molar-refractivity contribution is 6.31. The van der Waals surface area contributed by atoms with Crippen molar-refractivity contribution in [3.8, 4) is 0 Å². The van der Waals surface area contributed by atoms with Gasteiger partial charge >= 0.3 is 6.03 Å². The highest BCUT2D eigenvalue weighted by Gasteiger charge is 2.10. The van der Waals surface area contributed by atoms with Crippen molar-refractivity contribution in [3.63, 3.8) is 0 Å². The lowest BCUT2D eigenvalue weighted by Crippen LogP contribution is -2.32. The van der Waals surface area contributed by atoms with Crippen LogP contribution in [0.5, 0.6) is 0 Å². The van der Waals surface area contributed by atoms with Gasteiger partial charge in [-0.2, -0.15) is 0 Å². The summed E-state index contributed by atoms with van der Waals surface area (Å²) in [6.07, 6.45) is -0.969. The number of hydrogen-bond donors (Lipinski definition) is 3. The predicted octanol–water partition coefficient (Wildman–Crippen LogP) is 3.47. The number of carbonyl (C=O) groups is 1. The van der Waals surface area contributed by atoms with E-state index < -0.39 is 23.8 Å². The van der Waals surface area contributed by atoms with Gasteiger partial charge in [-0.3, -0.25) is 0 Å². The standard InChI is InChI=1S/C15H13ClF2N2O2/c16-12-7-11(5-6-13(12)18)20-15(22)19-8-14(21)9-1-3-10(17)4-2-9/h1-7,14,21H,8H2,(H2,19,20,22). The smallest absolute Gasteiger partial charge is 0.319 e. The topological polar surface area (TPSA) is 61.4 Å². The molecule has 0 aliphatic heterocycles. The van der Waals surface area contributed by atoms with Gasteiger partial charge in [0.15, 0.2) is 0 Å². The molecule has 2 amide bonds. The molecule has 2 aromatic rings. The third kappa shape index (κ3) is 4.41. The van der Waals surface area contributed by atoms with Crippen LogP contribution in [0.3, 0.4) is 0 Å². The molecule has 4 nitrogen and oxygen atoms in total. The van der Waals surface area contributed by atoms with Crippen molar-refractivity contribution < 1.29 is 18.7 Å². The van der Waals surface area contributed by atoms with Crippen molar-refractivity contribution in [2.75, 3.05) is 11.9 Å². The lowest BCUT2D eigenvalue weighted by molar-refractivity contribution is 0.175. The highest BCUT2D eigenvalue weighted by atomic mass is 35.5. The van der Waals surface area contributed by atoms with Crippen molar-refractivity contribution >= 4 is 23.3 Å². The minimum Gasteiger partial charge on any atom is -0.387 e. The van der Waals surface area contributed by atoms with E-state index in [0.717, 1.165) is 6.07 Å². The van der Waals surface area contributed by atoms with Crippen LogP contribution in [-0.2, 0) is 0 Å². The quantitative estimate of drug-likeness (QED) is 0.805. The lowest BCUT2D eigenvalue weighted by atomic mass is 10.1. The SMILES string of the molecule is O=C(NCC(O)c1ccc(F)cc1)Nc1ccc(F)c(Cl)c1. The summed E-state index contributed by atoms with van der Waals surface area (Å²) in [7, 11) is 0. The number of hydrogen-bond acceptors (Lipinski definition) is 2. The van der Waals surface area contributed by atoms with Gasteiger partial charge in [0.25, 0.3) is 0 Å². The summed E-state index contributed by atoms with van der Waals surface area (Å²) in [6, 6.07) is 8.48.